The normalized spacial score (nSPS) is 12.6. The lowest BCUT2D eigenvalue weighted by atomic mass is 10.3. The number of sulfonamides is 1. The zero-order valence-corrected chi connectivity index (χ0v) is 13.6. The number of hydrogen-bond acceptors (Lipinski definition) is 5. The molecule has 0 saturated heterocycles. The zero-order valence-electron chi connectivity index (χ0n) is 12.8. The van der Waals surface area contributed by atoms with Crippen LogP contribution in [0, 0.1) is 0 Å². The van der Waals surface area contributed by atoms with Gasteiger partial charge in [0.15, 0.2) is 0 Å². The number of furan rings is 1. The largest absolute Gasteiger partial charge is 0.497 e. The maximum atomic E-state index is 12.2. The van der Waals surface area contributed by atoms with E-state index in [1.54, 1.807) is 12.1 Å². The minimum Gasteiger partial charge on any atom is -0.497 e. The second kappa shape index (κ2) is 7.30. The average molecular weight is 338 g/mol. The first kappa shape index (κ1) is 17.0. The molecule has 1 atom stereocenters. The fraction of sp³-hybridized carbons (Fsp3) is 0.267. The smallest absolute Gasteiger partial charge is 0.241 e. The third-order valence-corrected chi connectivity index (χ3v) is 4.67. The summed E-state index contributed by atoms with van der Waals surface area (Å²) in [7, 11) is -2.30. The van der Waals surface area contributed by atoms with Crippen molar-refractivity contribution in [3.63, 3.8) is 0 Å². The monoisotopic (exact) mass is 338 g/mol. The summed E-state index contributed by atoms with van der Waals surface area (Å²) in [5.74, 6) is 0.690. The van der Waals surface area contributed by atoms with E-state index in [1.165, 1.54) is 44.6 Å². The van der Waals surface area contributed by atoms with Crippen LogP contribution >= 0.6 is 0 Å². The number of hydrogen-bond donors (Lipinski definition) is 2. The molecule has 0 aliphatic rings. The van der Waals surface area contributed by atoms with Crippen molar-refractivity contribution in [1.82, 2.24) is 10.0 Å². The van der Waals surface area contributed by atoms with Crippen LogP contribution in [0.1, 0.15) is 12.7 Å². The van der Waals surface area contributed by atoms with Crippen LogP contribution in [0.15, 0.2) is 52.0 Å². The van der Waals surface area contributed by atoms with Gasteiger partial charge in [0.2, 0.25) is 15.9 Å². The van der Waals surface area contributed by atoms with Crippen LogP contribution in [0.25, 0.3) is 0 Å². The van der Waals surface area contributed by atoms with Crippen molar-refractivity contribution in [2.75, 3.05) is 7.11 Å². The summed E-state index contributed by atoms with van der Waals surface area (Å²) in [4.78, 5) is 12.0. The van der Waals surface area contributed by atoms with Crippen molar-refractivity contribution in [2.24, 2.45) is 0 Å². The lowest BCUT2D eigenvalue weighted by Crippen LogP contribution is -2.44. The molecule has 1 amide bonds. The van der Waals surface area contributed by atoms with Gasteiger partial charge in [-0.15, -0.1) is 0 Å². The molecule has 23 heavy (non-hydrogen) atoms. The van der Waals surface area contributed by atoms with E-state index in [0.29, 0.717) is 11.5 Å². The maximum Gasteiger partial charge on any atom is 0.241 e. The summed E-state index contributed by atoms with van der Waals surface area (Å²) in [6.07, 6.45) is 1.50. The van der Waals surface area contributed by atoms with Crippen molar-refractivity contribution in [3.05, 3.63) is 48.4 Å². The summed E-state index contributed by atoms with van der Waals surface area (Å²) in [5, 5.41) is 2.60. The lowest BCUT2D eigenvalue weighted by Gasteiger charge is -2.14. The van der Waals surface area contributed by atoms with Crippen LogP contribution < -0.4 is 14.8 Å². The number of rotatable bonds is 7. The standard InChI is InChI=1S/C15H18N2O5S/c1-11(15(18)16-10-13-4-3-9-22-13)17-23(19,20)14-7-5-12(21-2)6-8-14/h3-9,11,17H,10H2,1-2H3,(H,16,18)/t11-/m0/s1. The number of carbonyl (C=O) groups excluding carboxylic acids is 1. The summed E-state index contributed by atoms with van der Waals surface area (Å²) >= 11 is 0. The Morgan fingerprint density at radius 3 is 2.52 bits per heavy atom. The molecule has 2 N–H and O–H groups in total. The Kier molecular flexibility index (Phi) is 5.41. The van der Waals surface area contributed by atoms with Crippen LogP contribution in [0.5, 0.6) is 5.75 Å². The van der Waals surface area contributed by atoms with E-state index in [-0.39, 0.29) is 11.4 Å². The molecule has 0 saturated carbocycles. The fourth-order valence-corrected chi connectivity index (χ4v) is 3.05. The molecule has 0 radical (unpaired) electrons. The molecule has 124 valence electrons. The molecule has 0 spiro atoms. The molecule has 0 aliphatic carbocycles. The van der Waals surface area contributed by atoms with Crippen LogP contribution in [-0.4, -0.2) is 27.5 Å². The van der Waals surface area contributed by atoms with Crippen LogP contribution in [0.2, 0.25) is 0 Å². The molecule has 8 heteroatoms. The summed E-state index contributed by atoms with van der Waals surface area (Å²) in [6.45, 7) is 1.67. The molecule has 1 aromatic heterocycles. The number of carbonyl (C=O) groups is 1. The minimum absolute atomic E-state index is 0.0592. The van der Waals surface area contributed by atoms with Crippen LogP contribution in [0.4, 0.5) is 0 Å². The van der Waals surface area contributed by atoms with E-state index in [4.69, 9.17) is 9.15 Å². The Morgan fingerprint density at radius 1 is 1.26 bits per heavy atom. The lowest BCUT2D eigenvalue weighted by molar-refractivity contribution is -0.122. The number of ether oxygens (including phenoxy) is 1. The summed E-state index contributed by atoms with van der Waals surface area (Å²) < 4.78 is 36.9. The molecule has 0 bridgehead atoms. The van der Waals surface area contributed by atoms with Crippen molar-refractivity contribution >= 4 is 15.9 Å². The molecule has 0 fully saturated rings. The van der Waals surface area contributed by atoms with Crippen LogP contribution in [0.3, 0.4) is 0 Å². The Hall–Kier alpha value is -2.32. The van der Waals surface area contributed by atoms with Gasteiger partial charge in [0, 0.05) is 0 Å². The van der Waals surface area contributed by atoms with E-state index in [0.717, 1.165) is 0 Å². The maximum absolute atomic E-state index is 12.2. The highest BCUT2D eigenvalue weighted by molar-refractivity contribution is 7.89. The van der Waals surface area contributed by atoms with Gasteiger partial charge in [-0.05, 0) is 43.3 Å². The molecule has 1 aromatic carbocycles. The van der Waals surface area contributed by atoms with E-state index < -0.39 is 22.0 Å². The highest BCUT2D eigenvalue weighted by Gasteiger charge is 2.22. The van der Waals surface area contributed by atoms with Gasteiger partial charge in [-0.25, -0.2) is 8.42 Å². The van der Waals surface area contributed by atoms with Gasteiger partial charge in [0.05, 0.1) is 30.9 Å². The van der Waals surface area contributed by atoms with E-state index in [2.05, 4.69) is 10.0 Å². The van der Waals surface area contributed by atoms with Gasteiger partial charge in [-0.1, -0.05) is 0 Å². The van der Waals surface area contributed by atoms with Gasteiger partial charge in [-0.2, -0.15) is 4.72 Å². The van der Waals surface area contributed by atoms with Gasteiger partial charge >= 0.3 is 0 Å². The molecule has 0 aliphatic heterocycles. The fourth-order valence-electron chi connectivity index (χ4n) is 1.85. The Morgan fingerprint density at radius 2 is 1.96 bits per heavy atom. The number of benzene rings is 1. The first-order chi connectivity index (χ1) is 10.9. The molecule has 2 rings (SSSR count). The predicted molar refractivity (Wildman–Crippen MR) is 83.3 cm³/mol. The summed E-state index contributed by atoms with van der Waals surface area (Å²) in [5.41, 5.74) is 0. The van der Waals surface area contributed by atoms with Crippen molar-refractivity contribution in [3.8, 4) is 5.75 Å². The number of methoxy groups -OCH3 is 1. The van der Waals surface area contributed by atoms with Gasteiger partial charge in [0.1, 0.15) is 11.5 Å². The molecule has 7 nitrogen and oxygen atoms in total. The van der Waals surface area contributed by atoms with E-state index >= 15 is 0 Å². The number of amides is 1. The summed E-state index contributed by atoms with van der Waals surface area (Å²) in [6, 6.07) is 8.40. The van der Waals surface area contributed by atoms with Gasteiger partial charge < -0.3 is 14.5 Å². The highest BCUT2D eigenvalue weighted by atomic mass is 32.2. The van der Waals surface area contributed by atoms with Gasteiger partial charge in [-0.3, -0.25) is 4.79 Å². The third kappa shape index (κ3) is 4.57. The Balaban J connectivity index is 1.96. The average Bonchev–Trinajstić information content (AvgIpc) is 3.05. The third-order valence-electron chi connectivity index (χ3n) is 3.11. The van der Waals surface area contributed by atoms with Crippen molar-refractivity contribution in [2.45, 2.75) is 24.4 Å². The topological polar surface area (TPSA) is 97.6 Å². The minimum atomic E-state index is -3.79. The zero-order chi connectivity index (χ0) is 16.9. The van der Waals surface area contributed by atoms with Crippen molar-refractivity contribution < 1.29 is 22.4 Å². The van der Waals surface area contributed by atoms with Gasteiger partial charge in [0.25, 0.3) is 0 Å². The Labute approximate surface area is 134 Å². The molecular formula is C15H18N2O5S. The Bertz CT molecular complexity index is 739. The molecule has 1 heterocycles. The molecule has 2 aromatic rings. The second-order valence-corrected chi connectivity index (χ2v) is 6.53. The molecule has 0 unspecified atom stereocenters. The predicted octanol–water partition coefficient (Wildman–Crippen LogP) is 1.27. The number of nitrogens with one attached hydrogen (secondary N) is 2. The SMILES string of the molecule is COc1ccc(S(=O)(=O)N[C@@H](C)C(=O)NCc2ccco2)cc1. The molecular weight excluding hydrogens is 320 g/mol. The van der Waals surface area contributed by atoms with E-state index in [1.807, 2.05) is 0 Å². The van der Waals surface area contributed by atoms with E-state index in [9.17, 15) is 13.2 Å². The quantitative estimate of drug-likeness (QED) is 0.792. The van der Waals surface area contributed by atoms with Crippen LogP contribution in [-0.2, 0) is 21.4 Å². The highest BCUT2D eigenvalue weighted by Crippen LogP contribution is 2.15. The first-order valence-corrected chi connectivity index (χ1v) is 8.37. The first-order valence-electron chi connectivity index (χ1n) is 6.89. The second-order valence-electron chi connectivity index (χ2n) is 4.82. The van der Waals surface area contributed by atoms with Crippen molar-refractivity contribution in [1.29, 1.82) is 0 Å².